The monoisotopic (exact) mass is 245 g/mol. The van der Waals surface area contributed by atoms with Crippen LogP contribution in [0.25, 0.3) is 0 Å². The van der Waals surface area contributed by atoms with E-state index in [4.69, 9.17) is 0 Å². The summed E-state index contributed by atoms with van der Waals surface area (Å²) in [6.07, 6.45) is 1.81. The molecule has 96 valence electrons. The van der Waals surface area contributed by atoms with Crippen LogP contribution in [0.2, 0.25) is 0 Å². The Morgan fingerprint density at radius 2 is 1.89 bits per heavy atom. The summed E-state index contributed by atoms with van der Waals surface area (Å²) in [6.45, 7) is 4.21. The number of imide groups is 1. The highest BCUT2D eigenvalue weighted by molar-refractivity contribution is 6.03. The summed E-state index contributed by atoms with van der Waals surface area (Å²) < 4.78 is 0. The van der Waals surface area contributed by atoms with E-state index < -0.39 is 5.41 Å². The highest BCUT2D eigenvalue weighted by atomic mass is 16.2. The van der Waals surface area contributed by atoms with Crippen LogP contribution in [0.5, 0.6) is 0 Å². The minimum absolute atomic E-state index is 0.140. The molecule has 0 bridgehead atoms. The minimum Gasteiger partial charge on any atom is -0.296 e. The molecule has 1 aliphatic heterocycles. The van der Waals surface area contributed by atoms with Gasteiger partial charge in [0.15, 0.2) is 0 Å². The maximum atomic E-state index is 12.3. The molecule has 0 saturated carbocycles. The zero-order valence-corrected chi connectivity index (χ0v) is 10.9. The van der Waals surface area contributed by atoms with Crippen LogP contribution >= 0.6 is 0 Å². The van der Waals surface area contributed by atoms with Gasteiger partial charge in [0, 0.05) is 6.42 Å². The number of benzene rings is 1. The predicted octanol–water partition coefficient (Wildman–Crippen LogP) is 2.41. The molecule has 0 aliphatic carbocycles. The van der Waals surface area contributed by atoms with Crippen molar-refractivity contribution in [1.82, 2.24) is 5.32 Å². The van der Waals surface area contributed by atoms with Gasteiger partial charge in [0.05, 0.1) is 5.41 Å². The van der Waals surface area contributed by atoms with Gasteiger partial charge in [-0.1, -0.05) is 44.2 Å². The Labute approximate surface area is 108 Å². The largest absolute Gasteiger partial charge is 0.296 e. The van der Waals surface area contributed by atoms with E-state index in [0.717, 1.165) is 12.0 Å². The lowest BCUT2D eigenvalue weighted by molar-refractivity contribution is -0.138. The lowest BCUT2D eigenvalue weighted by Crippen LogP contribution is -2.52. The molecule has 3 heteroatoms. The van der Waals surface area contributed by atoms with Crippen molar-refractivity contribution < 1.29 is 9.59 Å². The maximum Gasteiger partial charge on any atom is 0.237 e. The van der Waals surface area contributed by atoms with Crippen LogP contribution in [-0.2, 0) is 15.0 Å². The number of hydrogen-bond donors (Lipinski definition) is 1. The first-order chi connectivity index (χ1) is 8.54. The Kier molecular flexibility index (Phi) is 3.50. The van der Waals surface area contributed by atoms with Crippen molar-refractivity contribution in [2.24, 2.45) is 5.92 Å². The van der Waals surface area contributed by atoms with Crippen LogP contribution < -0.4 is 5.32 Å². The van der Waals surface area contributed by atoms with E-state index in [2.05, 4.69) is 19.2 Å². The van der Waals surface area contributed by atoms with Crippen LogP contribution in [0.4, 0.5) is 0 Å². The Hall–Kier alpha value is -1.64. The summed E-state index contributed by atoms with van der Waals surface area (Å²) in [4.78, 5) is 23.7. The molecule has 1 aliphatic rings. The van der Waals surface area contributed by atoms with Gasteiger partial charge in [0.25, 0.3) is 0 Å². The minimum atomic E-state index is -0.538. The first-order valence-corrected chi connectivity index (χ1v) is 6.44. The van der Waals surface area contributed by atoms with Gasteiger partial charge in [0.2, 0.25) is 11.8 Å². The van der Waals surface area contributed by atoms with Crippen molar-refractivity contribution in [3.05, 3.63) is 35.9 Å². The fourth-order valence-corrected chi connectivity index (χ4v) is 2.79. The van der Waals surface area contributed by atoms with Crippen LogP contribution in [0.3, 0.4) is 0 Å². The second-order valence-corrected chi connectivity index (χ2v) is 5.42. The molecule has 1 atom stereocenters. The number of amides is 2. The molecule has 3 nitrogen and oxygen atoms in total. The third-order valence-electron chi connectivity index (χ3n) is 3.55. The van der Waals surface area contributed by atoms with Gasteiger partial charge in [-0.2, -0.15) is 0 Å². The van der Waals surface area contributed by atoms with Gasteiger partial charge in [-0.25, -0.2) is 0 Å². The molecule has 1 saturated heterocycles. The summed E-state index contributed by atoms with van der Waals surface area (Å²) in [5.41, 5.74) is 0.479. The molecule has 1 aromatic carbocycles. The maximum absolute atomic E-state index is 12.3. The molecular formula is C15H19NO2. The molecule has 2 amide bonds. The summed E-state index contributed by atoms with van der Waals surface area (Å²) >= 11 is 0. The fraction of sp³-hybridized carbons (Fsp3) is 0.467. The van der Waals surface area contributed by atoms with Gasteiger partial charge in [-0.3, -0.25) is 14.9 Å². The summed E-state index contributed by atoms with van der Waals surface area (Å²) in [5.74, 6) is 0.109. The molecule has 2 rings (SSSR count). The standard InChI is InChI=1S/C15H19NO2/c1-11(2)10-15(12-6-4-3-5-7-12)9-8-13(17)16-14(15)18/h3-7,11H,8-10H2,1-2H3,(H,16,17,18). The Morgan fingerprint density at radius 1 is 1.22 bits per heavy atom. The molecule has 18 heavy (non-hydrogen) atoms. The summed E-state index contributed by atoms with van der Waals surface area (Å²) in [7, 11) is 0. The summed E-state index contributed by atoms with van der Waals surface area (Å²) in [6, 6.07) is 9.80. The normalized spacial score (nSPS) is 24.2. The topological polar surface area (TPSA) is 46.2 Å². The molecule has 1 aromatic rings. The van der Waals surface area contributed by atoms with E-state index in [1.807, 2.05) is 30.3 Å². The Bertz CT molecular complexity index is 453. The van der Waals surface area contributed by atoms with E-state index in [1.54, 1.807) is 0 Å². The summed E-state index contributed by atoms with van der Waals surface area (Å²) in [5, 5.41) is 2.50. The van der Waals surface area contributed by atoms with Crippen LogP contribution in [0.15, 0.2) is 30.3 Å². The highest BCUT2D eigenvalue weighted by Gasteiger charge is 2.44. The Balaban J connectivity index is 2.41. The number of nitrogens with one attached hydrogen (secondary N) is 1. The second-order valence-electron chi connectivity index (χ2n) is 5.42. The smallest absolute Gasteiger partial charge is 0.237 e. The quantitative estimate of drug-likeness (QED) is 0.831. The SMILES string of the molecule is CC(C)CC1(c2ccccc2)CCC(=O)NC1=O. The molecule has 0 aromatic heterocycles. The first-order valence-electron chi connectivity index (χ1n) is 6.44. The van der Waals surface area contributed by atoms with E-state index in [9.17, 15) is 9.59 Å². The molecular weight excluding hydrogens is 226 g/mol. The van der Waals surface area contributed by atoms with Gasteiger partial charge in [-0.15, -0.1) is 0 Å². The van der Waals surface area contributed by atoms with Crippen molar-refractivity contribution in [3.63, 3.8) is 0 Å². The molecule has 0 spiro atoms. The lowest BCUT2D eigenvalue weighted by atomic mass is 9.69. The van der Waals surface area contributed by atoms with E-state index >= 15 is 0 Å². The van der Waals surface area contributed by atoms with Gasteiger partial charge < -0.3 is 0 Å². The number of carbonyl (C=O) groups is 2. The van der Waals surface area contributed by atoms with Crippen LogP contribution in [-0.4, -0.2) is 11.8 Å². The average Bonchev–Trinajstić information content (AvgIpc) is 2.34. The zero-order chi connectivity index (χ0) is 13.2. The predicted molar refractivity (Wildman–Crippen MR) is 70.0 cm³/mol. The molecule has 1 heterocycles. The van der Waals surface area contributed by atoms with Crippen LogP contribution in [0.1, 0.15) is 38.7 Å². The van der Waals surface area contributed by atoms with Gasteiger partial charge in [-0.05, 0) is 24.3 Å². The van der Waals surface area contributed by atoms with Crippen molar-refractivity contribution in [3.8, 4) is 0 Å². The Morgan fingerprint density at radius 3 is 2.44 bits per heavy atom. The third-order valence-corrected chi connectivity index (χ3v) is 3.55. The number of hydrogen-bond acceptors (Lipinski definition) is 2. The van der Waals surface area contributed by atoms with Crippen molar-refractivity contribution >= 4 is 11.8 Å². The second kappa shape index (κ2) is 4.92. The zero-order valence-electron chi connectivity index (χ0n) is 10.9. The number of rotatable bonds is 3. The number of piperidine rings is 1. The third kappa shape index (κ3) is 2.30. The van der Waals surface area contributed by atoms with Crippen molar-refractivity contribution in [2.75, 3.05) is 0 Å². The number of carbonyl (C=O) groups excluding carboxylic acids is 2. The van der Waals surface area contributed by atoms with Crippen LogP contribution in [0, 0.1) is 5.92 Å². The first kappa shape index (κ1) is 12.8. The van der Waals surface area contributed by atoms with Gasteiger partial charge in [0.1, 0.15) is 0 Å². The van der Waals surface area contributed by atoms with Crippen molar-refractivity contribution in [1.29, 1.82) is 0 Å². The molecule has 0 radical (unpaired) electrons. The highest BCUT2D eigenvalue weighted by Crippen LogP contribution is 2.38. The molecule has 1 unspecified atom stereocenters. The molecule has 1 fully saturated rings. The average molecular weight is 245 g/mol. The molecule has 1 N–H and O–H groups in total. The van der Waals surface area contributed by atoms with Gasteiger partial charge >= 0.3 is 0 Å². The fourth-order valence-electron chi connectivity index (χ4n) is 2.79. The van der Waals surface area contributed by atoms with E-state index in [-0.39, 0.29) is 11.8 Å². The van der Waals surface area contributed by atoms with Crippen molar-refractivity contribution in [2.45, 2.75) is 38.5 Å². The van der Waals surface area contributed by atoms with E-state index in [1.165, 1.54) is 0 Å². The lowest BCUT2D eigenvalue weighted by Gasteiger charge is -2.37. The van der Waals surface area contributed by atoms with E-state index in [0.29, 0.717) is 18.8 Å².